The van der Waals surface area contributed by atoms with Crippen molar-refractivity contribution < 1.29 is 14.3 Å². The number of ether oxygens (including phenoxy) is 1. The predicted molar refractivity (Wildman–Crippen MR) is 96.3 cm³/mol. The standard InChI is InChI=1S/C20H19N3O3/c24-17-13-20(16-7-4-10-21-18(16)22-17)8-11-23(12-9-20)19(25)26-14-15-5-2-1-3-6-15/h1-8,10-11H,9,12-14H2,(H,21,22,24). The number of carbonyl (C=O) groups is 2. The molecule has 0 radical (unpaired) electrons. The Morgan fingerprint density at radius 2 is 2.08 bits per heavy atom. The molecule has 1 spiro atoms. The van der Waals surface area contributed by atoms with Crippen molar-refractivity contribution in [2.45, 2.75) is 24.9 Å². The highest BCUT2D eigenvalue weighted by Gasteiger charge is 2.41. The Hall–Kier alpha value is -3.15. The molecule has 0 bridgehead atoms. The Kier molecular flexibility index (Phi) is 4.16. The molecule has 0 saturated carbocycles. The van der Waals surface area contributed by atoms with Crippen LogP contribution in [0.5, 0.6) is 0 Å². The molecule has 2 aliphatic heterocycles. The van der Waals surface area contributed by atoms with Gasteiger partial charge in [0.25, 0.3) is 0 Å². The average Bonchev–Trinajstić information content (AvgIpc) is 2.67. The zero-order valence-corrected chi connectivity index (χ0v) is 14.2. The molecule has 0 aliphatic carbocycles. The summed E-state index contributed by atoms with van der Waals surface area (Å²) in [5.41, 5.74) is 1.53. The van der Waals surface area contributed by atoms with Crippen molar-refractivity contribution in [3.8, 4) is 0 Å². The first-order valence-electron chi connectivity index (χ1n) is 8.58. The number of hydrogen-bond donors (Lipinski definition) is 1. The van der Waals surface area contributed by atoms with E-state index in [0.717, 1.165) is 11.1 Å². The largest absolute Gasteiger partial charge is 0.444 e. The monoisotopic (exact) mass is 349 g/mol. The Morgan fingerprint density at radius 3 is 2.85 bits per heavy atom. The Bertz CT molecular complexity index is 866. The number of benzene rings is 1. The van der Waals surface area contributed by atoms with Gasteiger partial charge < -0.3 is 10.1 Å². The Balaban J connectivity index is 1.48. The van der Waals surface area contributed by atoms with E-state index in [-0.39, 0.29) is 18.6 Å². The number of amides is 2. The first-order valence-corrected chi connectivity index (χ1v) is 8.58. The molecule has 4 rings (SSSR count). The molecule has 6 nitrogen and oxygen atoms in total. The van der Waals surface area contributed by atoms with Gasteiger partial charge in [-0.15, -0.1) is 0 Å². The van der Waals surface area contributed by atoms with Crippen molar-refractivity contribution in [3.63, 3.8) is 0 Å². The van der Waals surface area contributed by atoms with E-state index in [4.69, 9.17) is 4.74 Å². The van der Waals surface area contributed by atoms with Crippen molar-refractivity contribution in [2.24, 2.45) is 0 Å². The number of hydrogen-bond acceptors (Lipinski definition) is 4. The summed E-state index contributed by atoms with van der Waals surface area (Å²) in [4.78, 5) is 30.2. The van der Waals surface area contributed by atoms with Crippen LogP contribution in [-0.2, 0) is 21.6 Å². The van der Waals surface area contributed by atoms with Gasteiger partial charge in [-0.05, 0) is 18.1 Å². The maximum atomic E-state index is 12.3. The second-order valence-corrected chi connectivity index (χ2v) is 6.58. The first-order chi connectivity index (χ1) is 12.7. The van der Waals surface area contributed by atoms with Crippen LogP contribution in [-0.4, -0.2) is 28.4 Å². The van der Waals surface area contributed by atoms with Crippen molar-refractivity contribution >= 4 is 17.8 Å². The molecule has 1 aromatic carbocycles. The van der Waals surface area contributed by atoms with Gasteiger partial charge in [-0.1, -0.05) is 42.5 Å². The fraction of sp³-hybridized carbons (Fsp3) is 0.250. The zero-order valence-electron chi connectivity index (χ0n) is 14.2. The van der Waals surface area contributed by atoms with Gasteiger partial charge in [-0.3, -0.25) is 9.69 Å². The average molecular weight is 349 g/mol. The molecule has 132 valence electrons. The summed E-state index contributed by atoms with van der Waals surface area (Å²) in [6.07, 6.45) is 5.95. The molecule has 1 atom stereocenters. The quantitative estimate of drug-likeness (QED) is 0.904. The van der Waals surface area contributed by atoms with E-state index < -0.39 is 5.41 Å². The summed E-state index contributed by atoms with van der Waals surface area (Å²) in [7, 11) is 0. The van der Waals surface area contributed by atoms with Crippen molar-refractivity contribution in [3.05, 3.63) is 72.1 Å². The summed E-state index contributed by atoms with van der Waals surface area (Å²) in [6.45, 7) is 0.732. The van der Waals surface area contributed by atoms with E-state index in [0.29, 0.717) is 25.2 Å². The number of fused-ring (bicyclic) bond motifs is 2. The van der Waals surface area contributed by atoms with Gasteiger partial charge in [0.1, 0.15) is 12.4 Å². The second-order valence-electron chi connectivity index (χ2n) is 6.58. The summed E-state index contributed by atoms with van der Waals surface area (Å²) >= 11 is 0. The molecule has 2 aromatic rings. The van der Waals surface area contributed by atoms with Crippen LogP contribution in [0.4, 0.5) is 10.6 Å². The smallest absolute Gasteiger partial charge is 0.414 e. The molecular weight excluding hydrogens is 330 g/mol. The lowest BCUT2D eigenvalue weighted by Crippen LogP contribution is -2.43. The maximum Gasteiger partial charge on any atom is 0.414 e. The van der Waals surface area contributed by atoms with Crippen LogP contribution >= 0.6 is 0 Å². The molecule has 1 unspecified atom stereocenters. The lowest BCUT2D eigenvalue weighted by atomic mass is 9.72. The normalized spacial score (nSPS) is 21.2. The molecule has 3 heterocycles. The third-order valence-corrected chi connectivity index (χ3v) is 4.89. The van der Waals surface area contributed by atoms with E-state index in [1.54, 1.807) is 17.3 Å². The number of nitrogens with one attached hydrogen (secondary N) is 1. The molecule has 1 aromatic heterocycles. The number of rotatable bonds is 2. The molecule has 26 heavy (non-hydrogen) atoms. The van der Waals surface area contributed by atoms with Gasteiger partial charge in [0.05, 0.1) is 0 Å². The van der Waals surface area contributed by atoms with E-state index >= 15 is 0 Å². The highest BCUT2D eigenvalue weighted by Crippen LogP contribution is 2.42. The van der Waals surface area contributed by atoms with Crippen molar-refractivity contribution in [1.82, 2.24) is 9.88 Å². The van der Waals surface area contributed by atoms with E-state index in [1.807, 2.05) is 48.5 Å². The minimum absolute atomic E-state index is 0.0547. The van der Waals surface area contributed by atoms with E-state index in [1.165, 1.54) is 0 Å². The van der Waals surface area contributed by atoms with Crippen molar-refractivity contribution in [2.75, 3.05) is 11.9 Å². The van der Waals surface area contributed by atoms with Gasteiger partial charge in [-0.2, -0.15) is 0 Å². The van der Waals surface area contributed by atoms with Crippen LogP contribution in [0.2, 0.25) is 0 Å². The summed E-state index contributed by atoms with van der Waals surface area (Å²) in [5.74, 6) is 0.550. The SMILES string of the molecule is O=C1CC2(C=CN(C(=O)OCc3ccccc3)CC2)c2cccnc2N1. The van der Waals surface area contributed by atoms with Gasteiger partial charge in [0.2, 0.25) is 5.91 Å². The fourth-order valence-corrected chi connectivity index (χ4v) is 3.50. The fourth-order valence-electron chi connectivity index (χ4n) is 3.50. The molecule has 2 amide bonds. The van der Waals surface area contributed by atoms with Crippen LogP contribution in [0.3, 0.4) is 0 Å². The third-order valence-electron chi connectivity index (χ3n) is 4.89. The van der Waals surface area contributed by atoms with Gasteiger partial charge in [0, 0.05) is 36.3 Å². The minimum atomic E-state index is -0.415. The number of anilines is 1. The first kappa shape index (κ1) is 16.3. The molecule has 6 heteroatoms. The predicted octanol–water partition coefficient (Wildman–Crippen LogP) is 3.22. The topological polar surface area (TPSA) is 71.5 Å². The van der Waals surface area contributed by atoms with Crippen LogP contribution in [0, 0.1) is 0 Å². The van der Waals surface area contributed by atoms with Gasteiger partial charge in [-0.25, -0.2) is 9.78 Å². The second kappa shape index (κ2) is 6.63. The third kappa shape index (κ3) is 3.06. The molecular formula is C20H19N3O3. The van der Waals surface area contributed by atoms with Crippen LogP contribution in [0.25, 0.3) is 0 Å². The number of aromatic nitrogens is 1. The van der Waals surface area contributed by atoms with Crippen LogP contribution < -0.4 is 5.32 Å². The summed E-state index contributed by atoms with van der Waals surface area (Å²) in [6, 6.07) is 13.4. The number of allylic oxidation sites excluding steroid dienone is 1. The molecule has 0 fully saturated rings. The van der Waals surface area contributed by atoms with Gasteiger partial charge in [0.15, 0.2) is 0 Å². The molecule has 0 saturated heterocycles. The number of nitrogens with zero attached hydrogens (tertiary/aromatic N) is 2. The summed E-state index contributed by atoms with van der Waals surface area (Å²) in [5, 5.41) is 2.81. The Morgan fingerprint density at radius 1 is 1.23 bits per heavy atom. The number of pyridine rings is 1. The highest BCUT2D eigenvalue weighted by molar-refractivity contribution is 5.95. The highest BCUT2D eigenvalue weighted by atomic mass is 16.6. The van der Waals surface area contributed by atoms with Crippen LogP contribution in [0.15, 0.2) is 60.9 Å². The number of carbonyl (C=O) groups excluding carboxylic acids is 2. The van der Waals surface area contributed by atoms with Crippen molar-refractivity contribution in [1.29, 1.82) is 0 Å². The summed E-state index contributed by atoms with van der Waals surface area (Å²) < 4.78 is 5.38. The van der Waals surface area contributed by atoms with E-state index in [9.17, 15) is 9.59 Å². The van der Waals surface area contributed by atoms with Gasteiger partial charge >= 0.3 is 6.09 Å². The molecule has 2 aliphatic rings. The lowest BCUT2D eigenvalue weighted by Gasteiger charge is -2.39. The lowest BCUT2D eigenvalue weighted by molar-refractivity contribution is -0.117. The maximum absolute atomic E-state index is 12.3. The minimum Gasteiger partial charge on any atom is -0.444 e. The zero-order chi connectivity index (χ0) is 18.0. The molecule has 1 N–H and O–H groups in total. The Labute approximate surface area is 151 Å². The van der Waals surface area contributed by atoms with E-state index in [2.05, 4.69) is 10.3 Å². The van der Waals surface area contributed by atoms with Crippen LogP contribution in [0.1, 0.15) is 24.0 Å².